The van der Waals surface area contributed by atoms with E-state index in [0.717, 1.165) is 29.2 Å². The van der Waals surface area contributed by atoms with Gasteiger partial charge in [0.2, 0.25) is 0 Å². The summed E-state index contributed by atoms with van der Waals surface area (Å²) in [6.45, 7) is 16.6. The third-order valence-corrected chi connectivity index (χ3v) is 6.72. The number of aromatic nitrogens is 2. The number of ether oxygens (including phenoxy) is 1. The van der Waals surface area contributed by atoms with Gasteiger partial charge in [0, 0.05) is 0 Å². The fraction of sp³-hybridized carbons (Fsp3) is 0.345. The molecule has 4 rings (SSSR count). The summed E-state index contributed by atoms with van der Waals surface area (Å²) < 4.78 is 8.73. The zero-order chi connectivity index (χ0) is 23.0. The van der Waals surface area contributed by atoms with Crippen molar-refractivity contribution in [1.82, 2.24) is 9.55 Å². The lowest BCUT2D eigenvalue weighted by atomic mass is 9.94. The molecular weight excluding hydrogens is 392 g/mol. The summed E-state index contributed by atoms with van der Waals surface area (Å²) in [4.78, 5) is 4.96. The van der Waals surface area contributed by atoms with Crippen LogP contribution in [0.25, 0.3) is 11.0 Å². The lowest BCUT2D eigenvalue weighted by Gasteiger charge is -2.19. The third-order valence-electron chi connectivity index (χ3n) is 6.72. The van der Waals surface area contributed by atoms with Crippen molar-refractivity contribution in [2.24, 2.45) is 0 Å². The molecule has 0 amide bonds. The van der Waals surface area contributed by atoms with E-state index in [0.29, 0.717) is 12.5 Å². The summed E-state index contributed by atoms with van der Waals surface area (Å²) in [6.07, 6.45) is 0. The van der Waals surface area contributed by atoms with Crippen molar-refractivity contribution < 1.29 is 4.74 Å². The number of hydrogen-bond donors (Lipinski definition) is 0. The van der Waals surface area contributed by atoms with Crippen LogP contribution >= 0.6 is 0 Å². The molecule has 0 saturated carbocycles. The third kappa shape index (κ3) is 4.17. The summed E-state index contributed by atoms with van der Waals surface area (Å²) in [7, 11) is 0. The Labute approximate surface area is 192 Å². The van der Waals surface area contributed by atoms with Gasteiger partial charge in [0.15, 0.2) is 0 Å². The van der Waals surface area contributed by atoms with E-state index in [9.17, 15) is 0 Å². The van der Waals surface area contributed by atoms with Gasteiger partial charge in [-0.3, -0.25) is 0 Å². The number of para-hydroxylation sites is 2. The van der Waals surface area contributed by atoms with Gasteiger partial charge >= 0.3 is 0 Å². The van der Waals surface area contributed by atoms with Crippen LogP contribution in [0.4, 0.5) is 0 Å². The maximum atomic E-state index is 6.40. The van der Waals surface area contributed by atoms with E-state index in [2.05, 4.69) is 102 Å². The van der Waals surface area contributed by atoms with Crippen LogP contribution in [0.3, 0.4) is 0 Å². The van der Waals surface area contributed by atoms with Crippen molar-refractivity contribution in [3.8, 4) is 5.75 Å². The summed E-state index contributed by atoms with van der Waals surface area (Å²) in [5.41, 5.74) is 11.4. The number of benzene rings is 3. The highest BCUT2D eigenvalue weighted by Gasteiger charge is 2.16. The molecule has 0 aliphatic carbocycles. The first-order valence-electron chi connectivity index (χ1n) is 11.5. The average Bonchev–Trinajstić information content (AvgIpc) is 3.11. The van der Waals surface area contributed by atoms with Crippen LogP contribution in [0.5, 0.6) is 5.75 Å². The van der Waals surface area contributed by atoms with Gasteiger partial charge in [0.05, 0.1) is 17.6 Å². The first kappa shape index (κ1) is 22.1. The smallest absolute Gasteiger partial charge is 0.148 e. The van der Waals surface area contributed by atoms with Crippen LogP contribution in [0.2, 0.25) is 0 Å². The Balaban J connectivity index is 1.75. The molecule has 166 valence electrons. The molecule has 1 heterocycles. The van der Waals surface area contributed by atoms with Crippen LogP contribution < -0.4 is 4.74 Å². The van der Waals surface area contributed by atoms with Crippen molar-refractivity contribution >= 4 is 11.0 Å². The number of fused-ring (bicyclic) bond motifs is 1. The summed E-state index contributed by atoms with van der Waals surface area (Å²) in [6, 6.07) is 17.1. The van der Waals surface area contributed by atoms with Crippen LogP contribution in [-0.4, -0.2) is 9.55 Å². The molecule has 0 fully saturated rings. The maximum Gasteiger partial charge on any atom is 0.148 e. The monoisotopic (exact) mass is 426 g/mol. The quantitative estimate of drug-likeness (QED) is 0.323. The Morgan fingerprint density at radius 2 is 1.56 bits per heavy atom. The van der Waals surface area contributed by atoms with Gasteiger partial charge < -0.3 is 9.30 Å². The number of rotatable bonds is 6. The summed E-state index contributed by atoms with van der Waals surface area (Å²) in [5, 5.41) is 0. The van der Waals surface area contributed by atoms with Crippen molar-refractivity contribution in [1.29, 1.82) is 0 Å². The molecule has 0 bridgehead atoms. The van der Waals surface area contributed by atoms with E-state index in [4.69, 9.17) is 9.72 Å². The van der Waals surface area contributed by atoms with Crippen LogP contribution in [0.15, 0.2) is 48.5 Å². The molecule has 3 heteroatoms. The zero-order valence-corrected chi connectivity index (χ0v) is 20.4. The molecule has 0 saturated heterocycles. The Morgan fingerprint density at radius 1 is 0.875 bits per heavy atom. The van der Waals surface area contributed by atoms with Crippen LogP contribution in [0, 0.1) is 34.6 Å². The van der Waals surface area contributed by atoms with Crippen LogP contribution in [-0.2, 0) is 13.2 Å². The molecule has 0 aliphatic rings. The van der Waals surface area contributed by atoms with Gasteiger partial charge in [-0.15, -0.1) is 0 Å². The minimum Gasteiger partial charge on any atom is -0.485 e. The van der Waals surface area contributed by atoms with E-state index in [1.165, 1.54) is 38.9 Å². The van der Waals surface area contributed by atoms with Gasteiger partial charge in [-0.25, -0.2) is 4.98 Å². The van der Waals surface area contributed by atoms with Crippen molar-refractivity contribution in [3.63, 3.8) is 0 Å². The molecular formula is C29H34N2O. The SMILES string of the molecule is Cc1ccc(C(C)C)c(OCc2nc3ccccc3n2Cc2c(C)c(C)cc(C)c2C)c1. The first-order chi connectivity index (χ1) is 15.3. The van der Waals surface area contributed by atoms with Gasteiger partial charge in [-0.2, -0.15) is 0 Å². The number of hydrogen-bond acceptors (Lipinski definition) is 2. The summed E-state index contributed by atoms with van der Waals surface area (Å²) >= 11 is 0. The molecule has 0 radical (unpaired) electrons. The van der Waals surface area contributed by atoms with E-state index >= 15 is 0 Å². The Bertz CT molecular complexity index is 1250. The fourth-order valence-electron chi connectivity index (χ4n) is 4.49. The van der Waals surface area contributed by atoms with Crippen molar-refractivity contribution in [2.75, 3.05) is 0 Å². The molecule has 0 atom stereocenters. The second-order valence-electron chi connectivity index (χ2n) is 9.33. The first-order valence-corrected chi connectivity index (χ1v) is 11.5. The van der Waals surface area contributed by atoms with E-state index in [1.54, 1.807) is 0 Å². The second-order valence-corrected chi connectivity index (χ2v) is 9.33. The Kier molecular flexibility index (Phi) is 6.10. The predicted molar refractivity (Wildman–Crippen MR) is 134 cm³/mol. The molecule has 4 aromatic rings. The number of aryl methyl sites for hydroxylation is 3. The largest absolute Gasteiger partial charge is 0.485 e. The van der Waals surface area contributed by atoms with Crippen molar-refractivity contribution in [2.45, 2.75) is 67.5 Å². The van der Waals surface area contributed by atoms with E-state index < -0.39 is 0 Å². The van der Waals surface area contributed by atoms with Gasteiger partial charge in [-0.1, -0.05) is 44.2 Å². The Morgan fingerprint density at radius 3 is 2.25 bits per heavy atom. The molecule has 0 unspecified atom stereocenters. The number of imidazole rings is 1. The Hall–Kier alpha value is -3.07. The van der Waals surface area contributed by atoms with Gasteiger partial charge in [-0.05, 0) is 97.7 Å². The predicted octanol–water partition coefficient (Wildman–Crippen LogP) is 7.33. The average molecular weight is 427 g/mol. The molecule has 0 N–H and O–H groups in total. The molecule has 0 aliphatic heterocycles. The number of nitrogens with zero attached hydrogens (tertiary/aromatic N) is 2. The normalized spacial score (nSPS) is 11.5. The lowest BCUT2D eigenvalue weighted by molar-refractivity contribution is 0.287. The second kappa shape index (κ2) is 8.82. The van der Waals surface area contributed by atoms with Gasteiger partial charge in [0.25, 0.3) is 0 Å². The lowest BCUT2D eigenvalue weighted by Crippen LogP contribution is -2.12. The van der Waals surface area contributed by atoms with E-state index in [1.807, 2.05) is 0 Å². The molecule has 3 nitrogen and oxygen atoms in total. The molecule has 0 spiro atoms. The minimum atomic E-state index is 0.407. The minimum absolute atomic E-state index is 0.407. The highest BCUT2D eigenvalue weighted by atomic mass is 16.5. The topological polar surface area (TPSA) is 27.1 Å². The summed E-state index contributed by atoms with van der Waals surface area (Å²) in [5.74, 6) is 2.32. The highest BCUT2D eigenvalue weighted by Crippen LogP contribution is 2.29. The molecule has 3 aromatic carbocycles. The maximum absolute atomic E-state index is 6.40. The highest BCUT2D eigenvalue weighted by molar-refractivity contribution is 5.76. The van der Waals surface area contributed by atoms with Crippen molar-refractivity contribution in [3.05, 3.63) is 93.3 Å². The van der Waals surface area contributed by atoms with E-state index in [-0.39, 0.29) is 0 Å². The molecule has 1 aromatic heterocycles. The molecule has 32 heavy (non-hydrogen) atoms. The zero-order valence-electron chi connectivity index (χ0n) is 20.4. The standard InChI is InChI=1S/C29H34N2O/c1-18(2)24-13-12-19(3)14-28(24)32-17-29-30-26-10-8-9-11-27(26)31(29)16-25-22(6)20(4)15-21(5)23(25)7/h8-15,18H,16-17H2,1-7H3. The fourth-order valence-corrected chi connectivity index (χ4v) is 4.49. The van der Waals surface area contributed by atoms with Crippen LogP contribution in [0.1, 0.15) is 64.5 Å². The van der Waals surface area contributed by atoms with Gasteiger partial charge in [0.1, 0.15) is 18.2 Å².